The lowest BCUT2D eigenvalue weighted by molar-refractivity contribution is -0.211. The predicted molar refractivity (Wildman–Crippen MR) is 159 cm³/mol. The van der Waals surface area contributed by atoms with E-state index in [1.54, 1.807) is 41.2 Å². The number of ether oxygens (including phenoxy) is 1. The van der Waals surface area contributed by atoms with Crippen molar-refractivity contribution >= 4 is 29.3 Å². The van der Waals surface area contributed by atoms with Gasteiger partial charge in [-0.2, -0.15) is 0 Å². The molecule has 5 rings (SSSR count). The highest BCUT2D eigenvalue weighted by atomic mass is 32.2. The van der Waals surface area contributed by atoms with Crippen molar-refractivity contribution in [2.45, 2.75) is 37.4 Å². The molecule has 0 spiro atoms. The third kappa shape index (κ3) is 7.80. The van der Waals surface area contributed by atoms with Gasteiger partial charge in [0.2, 0.25) is 18.2 Å². The molecule has 2 unspecified atom stereocenters. The maximum Gasteiger partial charge on any atom is 0.242 e. The number of nitrogens with zero attached hydrogens (tertiary/aromatic N) is 2. The van der Waals surface area contributed by atoms with Gasteiger partial charge in [-0.15, -0.1) is 11.8 Å². The Morgan fingerprint density at radius 2 is 1.61 bits per heavy atom. The monoisotopic (exact) mass is 568 g/mol. The van der Waals surface area contributed by atoms with Crippen LogP contribution in [0.1, 0.15) is 27.6 Å². The number of benzene rings is 3. The van der Waals surface area contributed by atoms with Gasteiger partial charge in [-0.1, -0.05) is 72.8 Å². The summed E-state index contributed by atoms with van der Waals surface area (Å²) in [5, 5.41) is 16.8. The molecule has 0 bridgehead atoms. The van der Waals surface area contributed by atoms with Gasteiger partial charge in [-0.25, -0.2) is 4.90 Å². The fourth-order valence-electron chi connectivity index (χ4n) is 4.66. The number of rotatable bonds is 11. The van der Waals surface area contributed by atoms with Gasteiger partial charge >= 0.3 is 0 Å². The third-order valence-corrected chi connectivity index (χ3v) is 8.06. The van der Waals surface area contributed by atoms with Gasteiger partial charge in [-0.3, -0.25) is 14.6 Å². The summed E-state index contributed by atoms with van der Waals surface area (Å²) in [7, 11) is 0. The number of carbonyl (C=O) groups excluding carboxylic acids is 2. The van der Waals surface area contributed by atoms with Crippen molar-refractivity contribution in [3.8, 4) is 0 Å². The van der Waals surface area contributed by atoms with Gasteiger partial charge in [0.15, 0.2) is 0 Å². The fraction of sp³-hybridized carbons (Fsp3) is 0.219. The van der Waals surface area contributed by atoms with Crippen LogP contribution in [0.4, 0.5) is 5.69 Å². The van der Waals surface area contributed by atoms with Crippen molar-refractivity contribution < 1.29 is 19.4 Å². The average Bonchev–Trinajstić information content (AvgIpc) is 3.46. The van der Waals surface area contributed by atoms with Crippen molar-refractivity contribution in [3.63, 3.8) is 0 Å². The average molecular weight is 569 g/mol. The van der Waals surface area contributed by atoms with E-state index in [9.17, 15) is 14.7 Å². The Bertz CT molecular complexity index is 1430. The van der Waals surface area contributed by atoms with Crippen molar-refractivity contribution in [3.05, 3.63) is 132 Å². The van der Waals surface area contributed by atoms with E-state index in [1.165, 1.54) is 0 Å². The van der Waals surface area contributed by atoms with Gasteiger partial charge < -0.3 is 20.5 Å². The van der Waals surface area contributed by atoms with Gasteiger partial charge in [0.1, 0.15) is 6.04 Å². The molecule has 0 radical (unpaired) electrons. The SMILES string of the molecule is O=C(Cc1cccc(NC(=O)[C@@H]2CSC(c3ccncc3)N2C(O)OCc2ccccc2)c1)NCc1ccccc1. The highest BCUT2D eigenvalue weighted by Gasteiger charge is 2.43. The summed E-state index contributed by atoms with van der Waals surface area (Å²) >= 11 is 1.56. The Balaban J connectivity index is 1.24. The molecule has 1 aromatic heterocycles. The Morgan fingerprint density at radius 1 is 0.927 bits per heavy atom. The first kappa shape index (κ1) is 28.5. The van der Waals surface area contributed by atoms with Crippen LogP contribution in [-0.4, -0.2) is 45.0 Å². The number of nitrogens with one attached hydrogen (secondary N) is 2. The molecule has 210 valence electrons. The number of aliphatic hydroxyl groups is 1. The van der Waals surface area contributed by atoms with Crippen LogP contribution in [0.3, 0.4) is 0 Å². The van der Waals surface area contributed by atoms with E-state index in [-0.39, 0.29) is 30.2 Å². The van der Waals surface area contributed by atoms with Crippen LogP contribution in [0.15, 0.2) is 109 Å². The van der Waals surface area contributed by atoms with Crippen LogP contribution >= 0.6 is 11.8 Å². The Labute approximate surface area is 243 Å². The van der Waals surface area contributed by atoms with E-state index in [0.717, 1.165) is 22.3 Å². The second-order valence-corrected chi connectivity index (χ2v) is 10.8. The molecule has 41 heavy (non-hydrogen) atoms. The second-order valence-electron chi connectivity index (χ2n) is 9.68. The summed E-state index contributed by atoms with van der Waals surface area (Å²) in [6.07, 6.45) is 2.28. The van der Waals surface area contributed by atoms with Gasteiger partial charge in [0, 0.05) is 30.4 Å². The number of pyridine rings is 1. The topological polar surface area (TPSA) is 104 Å². The van der Waals surface area contributed by atoms with Gasteiger partial charge in [-0.05, 0) is 46.5 Å². The molecular weight excluding hydrogens is 536 g/mol. The number of amides is 2. The number of aliphatic hydroxyl groups excluding tert-OH is 1. The maximum absolute atomic E-state index is 13.5. The first-order valence-corrected chi connectivity index (χ1v) is 14.4. The molecule has 3 N–H and O–H groups in total. The molecule has 1 aliphatic heterocycles. The summed E-state index contributed by atoms with van der Waals surface area (Å²) in [5.74, 6) is 0.100. The minimum Gasteiger partial charge on any atom is -0.356 e. The highest BCUT2D eigenvalue weighted by Crippen LogP contribution is 2.42. The molecule has 3 atom stereocenters. The van der Waals surface area contributed by atoms with Crippen LogP contribution < -0.4 is 10.6 Å². The van der Waals surface area contributed by atoms with E-state index in [1.807, 2.05) is 84.9 Å². The molecule has 9 heteroatoms. The minimum atomic E-state index is -1.31. The minimum absolute atomic E-state index is 0.102. The largest absolute Gasteiger partial charge is 0.356 e. The van der Waals surface area contributed by atoms with Crippen molar-refractivity contribution in [2.75, 3.05) is 11.1 Å². The summed E-state index contributed by atoms with van der Waals surface area (Å²) in [6.45, 7) is 0.660. The quantitative estimate of drug-likeness (QED) is 0.229. The molecule has 2 heterocycles. The van der Waals surface area contributed by atoms with Gasteiger partial charge in [0.25, 0.3) is 0 Å². The maximum atomic E-state index is 13.5. The lowest BCUT2D eigenvalue weighted by Crippen LogP contribution is -2.48. The van der Waals surface area contributed by atoms with Crippen LogP contribution in [0.25, 0.3) is 0 Å². The molecule has 0 aliphatic carbocycles. The van der Waals surface area contributed by atoms with Crippen LogP contribution in [-0.2, 0) is 33.9 Å². The number of carbonyl (C=O) groups is 2. The summed E-state index contributed by atoms with van der Waals surface area (Å²) < 4.78 is 5.84. The molecule has 8 nitrogen and oxygen atoms in total. The molecule has 0 saturated carbocycles. The molecule has 1 fully saturated rings. The smallest absolute Gasteiger partial charge is 0.242 e. The zero-order chi connectivity index (χ0) is 28.4. The molecule has 1 saturated heterocycles. The normalized spacial score (nSPS) is 17.6. The first-order valence-electron chi connectivity index (χ1n) is 13.4. The predicted octanol–water partition coefficient (Wildman–Crippen LogP) is 4.49. The zero-order valence-corrected chi connectivity index (χ0v) is 23.2. The molecular formula is C32H32N4O4S. The molecule has 2 amide bonds. The lowest BCUT2D eigenvalue weighted by Gasteiger charge is -2.32. The van der Waals surface area contributed by atoms with Crippen molar-refractivity contribution in [1.29, 1.82) is 0 Å². The third-order valence-electron chi connectivity index (χ3n) is 6.73. The second kappa shape index (κ2) is 14.0. The number of aromatic nitrogens is 1. The number of thioether (sulfide) groups is 1. The van der Waals surface area contributed by atoms with E-state index in [2.05, 4.69) is 15.6 Å². The van der Waals surface area contributed by atoms with Crippen LogP contribution in [0, 0.1) is 0 Å². The van der Waals surface area contributed by atoms with Crippen molar-refractivity contribution in [1.82, 2.24) is 15.2 Å². The summed E-state index contributed by atoms with van der Waals surface area (Å²) in [6, 6.07) is 29.7. The zero-order valence-electron chi connectivity index (χ0n) is 22.4. The summed E-state index contributed by atoms with van der Waals surface area (Å²) in [5.41, 5.74) is 4.24. The standard InChI is InChI=1S/C32H32N4O4S/c37-29(34-20-23-8-3-1-4-9-23)19-25-12-7-13-27(18-25)35-30(38)28-22-41-31(26-14-16-33-17-15-26)36(28)32(39)40-21-24-10-5-2-6-11-24/h1-18,28,31-32,39H,19-22H2,(H,34,37)(H,35,38)/t28-,31?,32?/m0/s1. The highest BCUT2D eigenvalue weighted by molar-refractivity contribution is 7.99. The first-order chi connectivity index (χ1) is 20.1. The molecule has 4 aromatic rings. The van der Waals surface area contributed by atoms with Crippen LogP contribution in [0.5, 0.6) is 0 Å². The number of hydrogen-bond donors (Lipinski definition) is 3. The summed E-state index contributed by atoms with van der Waals surface area (Å²) in [4.78, 5) is 31.9. The van der Waals surface area contributed by atoms with Crippen LogP contribution in [0.2, 0.25) is 0 Å². The van der Waals surface area contributed by atoms with Crippen molar-refractivity contribution in [2.24, 2.45) is 0 Å². The Hall–Kier alpha value is -4.02. The van der Waals surface area contributed by atoms with E-state index < -0.39 is 12.5 Å². The number of hydrogen-bond acceptors (Lipinski definition) is 7. The van der Waals surface area contributed by atoms with Gasteiger partial charge in [0.05, 0.1) is 18.4 Å². The molecule has 1 aliphatic rings. The van der Waals surface area contributed by atoms with E-state index >= 15 is 0 Å². The lowest BCUT2D eigenvalue weighted by atomic mass is 10.1. The fourth-order valence-corrected chi connectivity index (χ4v) is 6.12. The van der Waals surface area contributed by atoms with E-state index in [0.29, 0.717) is 18.0 Å². The van der Waals surface area contributed by atoms with E-state index in [4.69, 9.17) is 4.74 Å². The molecule has 3 aromatic carbocycles. The number of anilines is 1. The Kier molecular flexibility index (Phi) is 9.77. The Morgan fingerprint density at radius 3 is 2.34 bits per heavy atom.